The molecule has 65 heavy (non-hydrogen) atoms. The first-order valence-electron chi connectivity index (χ1n) is 22.5. The highest BCUT2D eigenvalue weighted by Gasteiger charge is 2.12. The zero-order valence-corrected chi connectivity index (χ0v) is 37.2. The van der Waals surface area contributed by atoms with E-state index in [0.717, 1.165) is 48.3 Å². The van der Waals surface area contributed by atoms with Crippen LogP contribution in [0.4, 0.5) is 11.4 Å². The predicted octanol–water partition coefficient (Wildman–Crippen LogP) is 13.5. The number of ether oxygens (including phenoxy) is 5. The maximum Gasteiger partial charge on any atom is 0.343 e. The molecule has 10 nitrogen and oxygen atoms in total. The molecule has 0 aromatic heterocycles. The van der Waals surface area contributed by atoms with Crippen molar-refractivity contribution in [1.29, 1.82) is 0 Å². The molecule has 6 aromatic carbocycles. The molecule has 0 aliphatic carbocycles. The monoisotopic (exact) mass is 872 g/mol. The second-order valence-electron chi connectivity index (χ2n) is 15.4. The minimum Gasteiger partial charge on any atom is -0.494 e. The number of esters is 3. The SMILES string of the molecule is CCCCCCCOc1ccc(C(=O)Oc2ccc(N=Cc3ccc(OC(=O)c4ccc(C=Nc5ccc(OC(=O)c6ccc(OCCCCCCC)cc6)cc5)cc4)cc3)cc2)cc1. The first-order chi connectivity index (χ1) is 31.8. The van der Waals surface area contributed by atoms with E-state index in [1.807, 2.05) is 0 Å². The van der Waals surface area contributed by atoms with E-state index in [2.05, 4.69) is 23.8 Å². The third-order valence-corrected chi connectivity index (χ3v) is 10.3. The smallest absolute Gasteiger partial charge is 0.343 e. The number of unbranched alkanes of at least 4 members (excludes halogenated alkanes) is 8. The van der Waals surface area contributed by atoms with Crippen LogP contribution in [0.2, 0.25) is 0 Å². The Morgan fingerprint density at radius 1 is 0.369 bits per heavy atom. The van der Waals surface area contributed by atoms with Gasteiger partial charge in [-0.25, -0.2) is 14.4 Å². The number of aliphatic imine (C=N–C) groups is 2. The van der Waals surface area contributed by atoms with Crippen molar-refractivity contribution >= 4 is 41.7 Å². The van der Waals surface area contributed by atoms with Gasteiger partial charge in [-0.15, -0.1) is 0 Å². The minimum atomic E-state index is -0.493. The number of nitrogens with zero attached hydrogens (tertiary/aromatic N) is 2. The van der Waals surface area contributed by atoms with Crippen molar-refractivity contribution in [3.63, 3.8) is 0 Å². The van der Waals surface area contributed by atoms with E-state index in [9.17, 15) is 14.4 Å². The summed E-state index contributed by atoms with van der Waals surface area (Å²) in [5, 5.41) is 0. The Labute approximate surface area is 381 Å². The third-order valence-electron chi connectivity index (χ3n) is 10.3. The molecule has 334 valence electrons. The minimum absolute atomic E-state index is 0.388. The Morgan fingerprint density at radius 3 is 1.02 bits per heavy atom. The molecule has 0 amide bonds. The van der Waals surface area contributed by atoms with E-state index in [0.29, 0.717) is 58.5 Å². The zero-order valence-electron chi connectivity index (χ0n) is 37.2. The molecule has 0 saturated carbocycles. The van der Waals surface area contributed by atoms with E-state index < -0.39 is 17.9 Å². The van der Waals surface area contributed by atoms with Crippen molar-refractivity contribution in [2.75, 3.05) is 13.2 Å². The standard InChI is InChI=1S/C55H56N2O8/c1-3-5-7-9-11-37-61-48-29-19-44(20-30-48)54(59)64-51-33-23-46(24-34-51)56-39-41-13-17-43(18-14-41)53(58)63-50-27-15-42(16-28-50)40-57-47-25-35-52(36-26-47)65-55(60)45-21-31-49(32-22-45)62-38-12-10-8-6-4-2/h13-36,39-40H,3-12,37-38H2,1-2H3. The van der Waals surface area contributed by atoms with Crippen LogP contribution in [-0.4, -0.2) is 43.6 Å². The van der Waals surface area contributed by atoms with E-state index in [-0.39, 0.29) is 0 Å². The Kier molecular flexibility index (Phi) is 18.6. The Morgan fingerprint density at radius 2 is 0.662 bits per heavy atom. The quantitative estimate of drug-likeness (QED) is 0.0255. The van der Waals surface area contributed by atoms with Crippen LogP contribution in [0.3, 0.4) is 0 Å². The van der Waals surface area contributed by atoms with Gasteiger partial charge in [0.05, 0.1) is 41.3 Å². The molecule has 0 unspecified atom stereocenters. The van der Waals surface area contributed by atoms with Crippen molar-refractivity contribution in [3.8, 4) is 28.7 Å². The summed E-state index contributed by atoms with van der Waals surface area (Å²) in [6.45, 7) is 5.72. The van der Waals surface area contributed by atoms with Crippen LogP contribution < -0.4 is 23.7 Å². The summed E-state index contributed by atoms with van der Waals surface area (Å²) >= 11 is 0. The van der Waals surface area contributed by atoms with E-state index >= 15 is 0 Å². The second-order valence-corrected chi connectivity index (χ2v) is 15.4. The van der Waals surface area contributed by atoms with E-state index in [1.165, 1.54) is 38.5 Å². The molecule has 0 aliphatic rings. The molecule has 0 N–H and O–H groups in total. The average Bonchev–Trinajstić information content (AvgIpc) is 3.34. The molecule has 0 saturated heterocycles. The van der Waals surface area contributed by atoms with Gasteiger partial charge in [0.2, 0.25) is 0 Å². The summed E-state index contributed by atoms with van der Waals surface area (Å²) in [4.78, 5) is 47.3. The van der Waals surface area contributed by atoms with Crippen molar-refractivity contribution in [1.82, 2.24) is 0 Å². The largest absolute Gasteiger partial charge is 0.494 e. The van der Waals surface area contributed by atoms with Crippen LogP contribution in [0.1, 0.15) is 120 Å². The lowest BCUT2D eigenvalue weighted by atomic mass is 10.1. The van der Waals surface area contributed by atoms with Crippen LogP contribution in [-0.2, 0) is 0 Å². The summed E-state index contributed by atoms with van der Waals surface area (Å²) < 4.78 is 28.3. The van der Waals surface area contributed by atoms with E-state index in [4.69, 9.17) is 23.7 Å². The lowest BCUT2D eigenvalue weighted by molar-refractivity contribution is 0.0725. The number of carbonyl (C=O) groups excluding carboxylic acids is 3. The van der Waals surface area contributed by atoms with Gasteiger partial charge in [-0.05, 0) is 157 Å². The maximum atomic E-state index is 12.9. The molecular formula is C55H56N2O8. The van der Waals surface area contributed by atoms with Gasteiger partial charge < -0.3 is 23.7 Å². The van der Waals surface area contributed by atoms with Gasteiger partial charge in [0, 0.05) is 12.4 Å². The maximum absolute atomic E-state index is 12.9. The molecule has 0 bridgehead atoms. The third kappa shape index (κ3) is 16.1. The number of hydrogen-bond acceptors (Lipinski definition) is 10. The molecule has 0 fully saturated rings. The van der Waals surface area contributed by atoms with Crippen molar-refractivity contribution in [2.45, 2.75) is 78.1 Å². The molecule has 0 spiro atoms. The van der Waals surface area contributed by atoms with Crippen LogP contribution in [0, 0.1) is 0 Å². The summed E-state index contributed by atoms with van der Waals surface area (Å²) in [5.41, 5.74) is 4.19. The number of benzene rings is 6. The predicted molar refractivity (Wildman–Crippen MR) is 257 cm³/mol. The first-order valence-corrected chi connectivity index (χ1v) is 22.5. The highest BCUT2D eigenvalue weighted by molar-refractivity contribution is 5.93. The van der Waals surface area contributed by atoms with Gasteiger partial charge in [0.15, 0.2) is 0 Å². The molecule has 10 heteroatoms. The Hall–Kier alpha value is -7.33. The topological polar surface area (TPSA) is 122 Å². The molecule has 0 heterocycles. The first kappa shape index (κ1) is 47.2. The zero-order chi connectivity index (χ0) is 45.5. The van der Waals surface area contributed by atoms with Gasteiger partial charge in [0.1, 0.15) is 28.7 Å². The summed E-state index contributed by atoms with van der Waals surface area (Å²) in [7, 11) is 0. The van der Waals surface area contributed by atoms with Crippen LogP contribution in [0.5, 0.6) is 28.7 Å². The normalized spacial score (nSPS) is 11.1. The van der Waals surface area contributed by atoms with Crippen molar-refractivity contribution < 1.29 is 38.1 Å². The summed E-state index contributed by atoms with van der Waals surface area (Å²) in [6, 6.07) is 41.7. The fourth-order valence-electron chi connectivity index (χ4n) is 6.49. The van der Waals surface area contributed by atoms with Gasteiger partial charge in [-0.3, -0.25) is 9.98 Å². The second kappa shape index (κ2) is 25.7. The number of carbonyl (C=O) groups is 3. The fraction of sp³-hybridized carbons (Fsp3) is 0.255. The molecular weight excluding hydrogens is 817 g/mol. The highest BCUT2D eigenvalue weighted by Crippen LogP contribution is 2.23. The lowest BCUT2D eigenvalue weighted by Gasteiger charge is -2.08. The molecule has 0 aliphatic heterocycles. The Balaban J connectivity index is 0.898. The van der Waals surface area contributed by atoms with Gasteiger partial charge >= 0.3 is 17.9 Å². The van der Waals surface area contributed by atoms with E-state index in [1.54, 1.807) is 158 Å². The van der Waals surface area contributed by atoms with Gasteiger partial charge in [0.25, 0.3) is 0 Å². The average molecular weight is 873 g/mol. The molecule has 6 aromatic rings. The van der Waals surface area contributed by atoms with Crippen molar-refractivity contribution in [2.24, 2.45) is 9.98 Å². The summed E-state index contributed by atoms with van der Waals surface area (Å²) in [6.07, 6.45) is 15.1. The molecule has 0 atom stereocenters. The van der Waals surface area contributed by atoms with Crippen LogP contribution in [0.15, 0.2) is 156 Å². The lowest BCUT2D eigenvalue weighted by Crippen LogP contribution is -2.08. The Bertz CT molecular complexity index is 2440. The van der Waals surface area contributed by atoms with Crippen LogP contribution in [0.25, 0.3) is 0 Å². The summed E-state index contributed by atoms with van der Waals surface area (Å²) in [5.74, 6) is 1.27. The molecule has 0 radical (unpaired) electrons. The highest BCUT2D eigenvalue weighted by atomic mass is 16.5. The number of hydrogen-bond donors (Lipinski definition) is 0. The number of rotatable bonds is 24. The van der Waals surface area contributed by atoms with Gasteiger partial charge in [-0.2, -0.15) is 0 Å². The molecule has 6 rings (SSSR count). The fourth-order valence-corrected chi connectivity index (χ4v) is 6.49. The van der Waals surface area contributed by atoms with Crippen LogP contribution >= 0.6 is 0 Å². The van der Waals surface area contributed by atoms with Gasteiger partial charge in [-0.1, -0.05) is 77.3 Å². The van der Waals surface area contributed by atoms with Crippen molar-refractivity contribution in [3.05, 3.63) is 173 Å².